The van der Waals surface area contributed by atoms with E-state index in [2.05, 4.69) is 30.3 Å². The largest absolute Gasteiger partial charge is 0.508 e. The second-order valence-electron chi connectivity index (χ2n) is 12.2. The fourth-order valence-corrected chi connectivity index (χ4v) is 7.07. The number of fused-ring (bicyclic) bond motifs is 3. The molecular formula is C33H33F3N8O3. The van der Waals surface area contributed by atoms with Crippen LogP contribution in [0.5, 0.6) is 11.8 Å². The number of amides is 1. The highest BCUT2D eigenvalue weighted by atomic mass is 19.1. The minimum Gasteiger partial charge on any atom is -0.508 e. The molecule has 2 aliphatic rings. The van der Waals surface area contributed by atoms with Gasteiger partial charge in [-0.1, -0.05) is 13.0 Å². The van der Waals surface area contributed by atoms with Gasteiger partial charge in [0.05, 0.1) is 23.2 Å². The van der Waals surface area contributed by atoms with Gasteiger partial charge in [-0.15, -0.1) is 0 Å². The third-order valence-electron chi connectivity index (χ3n) is 9.32. The van der Waals surface area contributed by atoms with Gasteiger partial charge in [0.15, 0.2) is 5.82 Å². The molecule has 47 heavy (non-hydrogen) atoms. The monoisotopic (exact) mass is 646 g/mol. The number of hydrogen-bond acceptors (Lipinski definition) is 9. The summed E-state index contributed by atoms with van der Waals surface area (Å²) in [4.78, 5) is 27.2. The van der Waals surface area contributed by atoms with E-state index in [1.165, 1.54) is 41.2 Å². The van der Waals surface area contributed by atoms with Crippen LogP contribution in [0.3, 0.4) is 0 Å². The first-order valence-corrected chi connectivity index (χ1v) is 15.5. The summed E-state index contributed by atoms with van der Waals surface area (Å²) in [5.74, 6) is -1.89. The molecule has 0 bridgehead atoms. The zero-order chi connectivity index (χ0) is 33.0. The lowest BCUT2D eigenvalue weighted by Crippen LogP contribution is -2.43. The fourth-order valence-electron chi connectivity index (χ4n) is 7.07. The molecular weight excluding hydrogens is 613 g/mol. The number of primary amides is 1. The van der Waals surface area contributed by atoms with E-state index in [4.69, 9.17) is 10.5 Å². The Kier molecular flexibility index (Phi) is 7.62. The van der Waals surface area contributed by atoms with Gasteiger partial charge in [0.25, 0.3) is 5.91 Å². The van der Waals surface area contributed by atoms with Crippen molar-refractivity contribution >= 4 is 33.4 Å². The van der Waals surface area contributed by atoms with Crippen LogP contribution in [0.4, 0.5) is 19.0 Å². The number of alkyl halides is 1. The van der Waals surface area contributed by atoms with Gasteiger partial charge >= 0.3 is 6.01 Å². The molecule has 4 N–H and O–H groups in total. The van der Waals surface area contributed by atoms with Gasteiger partial charge in [0, 0.05) is 31.8 Å². The summed E-state index contributed by atoms with van der Waals surface area (Å²) in [5, 5.41) is 19.0. The number of benzene rings is 2. The molecule has 2 aliphatic heterocycles. The van der Waals surface area contributed by atoms with Crippen LogP contribution in [0.15, 0.2) is 36.5 Å². The summed E-state index contributed by atoms with van der Waals surface area (Å²) < 4.78 is 53.7. The van der Waals surface area contributed by atoms with Crippen LogP contribution >= 0.6 is 0 Å². The predicted molar refractivity (Wildman–Crippen MR) is 169 cm³/mol. The first kappa shape index (κ1) is 30.7. The molecule has 2 fully saturated rings. The number of nitrogens with zero attached hydrogens (tertiary/aromatic N) is 6. The molecule has 2 aromatic carbocycles. The lowest BCUT2D eigenvalue weighted by molar-refractivity contribution is 0.0995. The predicted octanol–water partition coefficient (Wildman–Crippen LogP) is 4.79. The highest BCUT2D eigenvalue weighted by Gasteiger charge is 2.49. The highest BCUT2D eigenvalue weighted by molar-refractivity contribution is 6.01. The normalized spacial score (nSPS) is 19.5. The van der Waals surface area contributed by atoms with Crippen molar-refractivity contribution in [3.63, 3.8) is 0 Å². The van der Waals surface area contributed by atoms with Gasteiger partial charge in [-0.05, 0) is 66.4 Å². The van der Waals surface area contributed by atoms with Crippen LogP contribution < -0.4 is 15.8 Å². The molecule has 7 rings (SSSR count). The lowest BCUT2D eigenvalue weighted by Gasteiger charge is -2.30. The number of ether oxygens (including phenoxy) is 1. The summed E-state index contributed by atoms with van der Waals surface area (Å²) in [6.07, 6.45) is 2.78. The first-order chi connectivity index (χ1) is 22.6. The van der Waals surface area contributed by atoms with Gasteiger partial charge in [-0.2, -0.15) is 15.1 Å². The molecule has 0 saturated carbocycles. The Morgan fingerprint density at radius 3 is 2.83 bits per heavy atom. The number of phenols is 1. The van der Waals surface area contributed by atoms with Crippen molar-refractivity contribution in [3.05, 3.63) is 65.1 Å². The van der Waals surface area contributed by atoms with E-state index in [1.807, 2.05) is 0 Å². The van der Waals surface area contributed by atoms with E-state index in [0.717, 1.165) is 19.4 Å². The van der Waals surface area contributed by atoms with Gasteiger partial charge in [-0.3, -0.25) is 19.4 Å². The molecule has 1 amide bonds. The van der Waals surface area contributed by atoms with Crippen molar-refractivity contribution in [2.75, 3.05) is 25.0 Å². The second kappa shape index (κ2) is 11.7. The Morgan fingerprint density at radius 2 is 2.06 bits per heavy atom. The van der Waals surface area contributed by atoms with Crippen LogP contribution in [-0.4, -0.2) is 72.1 Å². The van der Waals surface area contributed by atoms with Crippen molar-refractivity contribution < 1.29 is 27.8 Å². The SMILES string of the molecule is CCc1c(F)ccc2cc(O)cc(-c3ncc4c(NCc5cc(C(N)=O)nn5C)nc(OC[C@@]56CCCN5CC(F)C6)nc4c3F)c12. The zero-order valence-corrected chi connectivity index (χ0v) is 25.9. The molecule has 5 aromatic rings. The van der Waals surface area contributed by atoms with E-state index in [0.29, 0.717) is 41.4 Å². The molecule has 14 heteroatoms. The van der Waals surface area contributed by atoms with E-state index >= 15 is 4.39 Å². The Bertz CT molecular complexity index is 2050. The Balaban J connectivity index is 1.34. The van der Waals surface area contributed by atoms with Crippen molar-refractivity contribution in [3.8, 4) is 23.0 Å². The summed E-state index contributed by atoms with van der Waals surface area (Å²) in [7, 11) is 1.66. The molecule has 3 aromatic heterocycles. The maximum absolute atomic E-state index is 16.7. The van der Waals surface area contributed by atoms with Crippen LogP contribution in [0, 0.1) is 11.6 Å². The maximum atomic E-state index is 16.7. The van der Waals surface area contributed by atoms with E-state index in [1.54, 1.807) is 14.0 Å². The number of aromatic nitrogens is 5. The van der Waals surface area contributed by atoms with Crippen LogP contribution in [0.2, 0.25) is 0 Å². The summed E-state index contributed by atoms with van der Waals surface area (Å²) in [6, 6.07) is 7.11. The quantitative estimate of drug-likeness (QED) is 0.206. The maximum Gasteiger partial charge on any atom is 0.319 e. The minimum absolute atomic E-state index is 0.0857. The van der Waals surface area contributed by atoms with Crippen molar-refractivity contribution in [2.24, 2.45) is 12.8 Å². The van der Waals surface area contributed by atoms with Crippen LogP contribution in [0.1, 0.15) is 47.9 Å². The highest BCUT2D eigenvalue weighted by Crippen LogP contribution is 2.41. The molecule has 5 heterocycles. The number of phenolic OH excluding ortho intramolecular Hbond substituents is 1. The number of carbonyl (C=O) groups excluding carboxylic acids is 1. The molecule has 0 aliphatic carbocycles. The Hall–Kier alpha value is -4.98. The molecule has 244 valence electrons. The molecule has 0 radical (unpaired) electrons. The van der Waals surface area contributed by atoms with Gasteiger partial charge in [-0.25, -0.2) is 13.2 Å². The number of hydrogen-bond donors (Lipinski definition) is 3. The third-order valence-corrected chi connectivity index (χ3v) is 9.32. The van der Waals surface area contributed by atoms with Crippen molar-refractivity contribution in [2.45, 2.75) is 50.9 Å². The first-order valence-electron chi connectivity index (χ1n) is 15.5. The van der Waals surface area contributed by atoms with E-state index in [9.17, 15) is 18.7 Å². The number of carbonyl (C=O) groups is 1. The second-order valence-corrected chi connectivity index (χ2v) is 12.2. The van der Waals surface area contributed by atoms with Crippen molar-refractivity contribution in [1.82, 2.24) is 29.6 Å². The fraction of sp³-hybridized carbons (Fsp3) is 0.364. The summed E-state index contributed by atoms with van der Waals surface area (Å²) >= 11 is 0. The number of nitrogens with two attached hydrogens (primary N) is 1. The number of rotatable bonds is 9. The number of nitrogens with one attached hydrogen (secondary N) is 1. The summed E-state index contributed by atoms with van der Waals surface area (Å²) in [6.45, 7) is 3.16. The third kappa shape index (κ3) is 5.35. The average Bonchev–Trinajstić information content (AvgIpc) is 3.70. The van der Waals surface area contributed by atoms with Gasteiger partial charge in [0.2, 0.25) is 0 Å². The van der Waals surface area contributed by atoms with E-state index < -0.39 is 29.3 Å². The minimum atomic E-state index is -0.959. The number of aryl methyl sites for hydroxylation is 2. The molecule has 2 saturated heterocycles. The molecule has 11 nitrogen and oxygen atoms in total. The Labute approximate surface area is 267 Å². The summed E-state index contributed by atoms with van der Waals surface area (Å²) in [5.41, 5.74) is 5.90. The van der Waals surface area contributed by atoms with Crippen molar-refractivity contribution in [1.29, 1.82) is 0 Å². The molecule has 0 spiro atoms. The van der Waals surface area contributed by atoms with E-state index in [-0.39, 0.29) is 58.6 Å². The van der Waals surface area contributed by atoms with Gasteiger partial charge in [0.1, 0.15) is 47.1 Å². The number of halogens is 3. The number of anilines is 1. The lowest BCUT2D eigenvalue weighted by atomic mass is 9.94. The number of pyridine rings is 1. The smallest absolute Gasteiger partial charge is 0.319 e. The molecule has 1 unspecified atom stereocenters. The number of aromatic hydroxyl groups is 1. The van der Waals surface area contributed by atoms with Crippen LogP contribution in [-0.2, 0) is 20.0 Å². The standard InChI is InChI=1S/C33H33F3N8O3/c1-3-21-24(35)6-5-17-9-20(45)11-22(26(17)21)28-27(36)29-23(14-38-28)31(39-13-19-10-25(30(37)46)42-43(19)2)41-32(40-29)47-16-33-7-4-8-44(33)15-18(34)12-33/h5-6,9-11,14,18,45H,3-4,7-8,12-13,15-16H2,1-2H3,(H2,37,46)(H,39,40,41)/t18?,33-/m0/s1. The van der Waals surface area contributed by atoms with Gasteiger partial charge < -0.3 is 20.9 Å². The average molecular weight is 647 g/mol. The molecule has 2 atom stereocenters. The topological polar surface area (TPSA) is 144 Å². The zero-order valence-electron chi connectivity index (χ0n) is 25.9. The van der Waals surface area contributed by atoms with Crippen LogP contribution in [0.25, 0.3) is 32.9 Å². The Morgan fingerprint density at radius 1 is 1.23 bits per heavy atom.